The monoisotopic (exact) mass is 570 g/mol. The number of hydrogen-bond donors (Lipinski definition) is 1. The van der Waals surface area contributed by atoms with Gasteiger partial charge in [-0.15, -0.1) is 0 Å². The Morgan fingerprint density at radius 1 is 0.610 bits per heavy atom. The number of unbranched alkanes of at least 4 members (excludes halogenated alkanes) is 10. The van der Waals surface area contributed by atoms with E-state index >= 15 is 0 Å². The molecule has 0 atom stereocenters. The molecule has 41 heavy (non-hydrogen) atoms. The van der Waals surface area contributed by atoms with Crippen LogP contribution in [0.3, 0.4) is 0 Å². The summed E-state index contributed by atoms with van der Waals surface area (Å²) < 4.78 is 34.2. The van der Waals surface area contributed by atoms with Gasteiger partial charge in [0.1, 0.15) is 34.0 Å². The first-order chi connectivity index (χ1) is 20.0. The molecule has 8 nitrogen and oxygen atoms in total. The second-order valence-electron chi connectivity index (χ2n) is 10.2. The second-order valence-corrected chi connectivity index (χ2v) is 10.2. The molecule has 3 aromatic rings. The van der Waals surface area contributed by atoms with Gasteiger partial charge in [0.2, 0.25) is 0 Å². The molecule has 0 unspecified atom stereocenters. The third kappa shape index (κ3) is 8.32. The molecule has 0 aliphatic rings. The standard InChI is InChI=1S/C33H46O8/c1-36-26-22-31-32(25(35)20-28(41-31)24-19-29(38-3)30(39-4)21-27(24)37-2)33(40-5)23(26)17-15-13-11-9-7-6-8-10-12-14-16-18-34/h19-22,34H,6-18H2,1-5H3. The Kier molecular flexibility index (Phi) is 13.1. The first kappa shape index (κ1) is 32.1. The number of ether oxygens (including phenoxy) is 5. The highest BCUT2D eigenvalue weighted by Gasteiger charge is 2.22. The largest absolute Gasteiger partial charge is 0.496 e. The van der Waals surface area contributed by atoms with Crippen molar-refractivity contribution in [3.63, 3.8) is 0 Å². The molecule has 2 aromatic carbocycles. The van der Waals surface area contributed by atoms with E-state index in [1.54, 1.807) is 53.7 Å². The molecule has 0 aliphatic heterocycles. The van der Waals surface area contributed by atoms with Gasteiger partial charge in [-0.1, -0.05) is 57.8 Å². The quantitative estimate of drug-likeness (QED) is 0.150. The molecule has 0 fully saturated rings. The molecular formula is C33H46O8. The molecule has 0 saturated carbocycles. The van der Waals surface area contributed by atoms with Crippen LogP contribution in [-0.4, -0.2) is 47.3 Å². The number of aliphatic hydroxyl groups is 1. The lowest BCUT2D eigenvalue weighted by atomic mass is 10.00. The van der Waals surface area contributed by atoms with Gasteiger partial charge in [-0.3, -0.25) is 4.79 Å². The first-order valence-electron chi connectivity index (χ1n) is 14.7. The van der Waals surface area contributed by atoms with Crippen LogP contribution in [0.25, 0.3) is 22.3 Å². The van der Waals surface area contributed by atoms with Crippen LogP contribution in [-0.2, 0) is 6.42 Å². The molecule has 0 bridgehead atoms. The Hall–Kier alpha value is -3.39. The fraction of sp³-hybridized carbons (Fsp3) is 0.545. The van der Waals surface area contributed by atoms with E-state index in [-0.39, 0.29) is 5.43 Å². The highest BCUT2D eigenvalue weighted by molar-refractivity contribution is 5.89. The van der Waals surface area contributed by atoms with Crippen LogP contribution in [0, 0.1) is 0 Å². The summed E-state index contributed by atoms with van der Waals surface area (Å²) in [4.78, 5) is 13.5. The Morgan fingerprint density at radius 2 is 1.15 bits per heavy atom. The van der Waals surface area contributed by atoms with E-state index in [1.807, 2.05) is 0 Å². The smallest absolute Gasteiger partial charge is 0.197 e. The average Bonchev–Trinajstić information content (AvgIpc) is 3.00. The summed E-state index contributed by atoms with van der Waals surface area (Å²) in [5, 5.41) is 9.25. The normalized spacial score (nSPS) is 11.1. The summed E-state index contributed by atoms with van der Waals surface area (Å²) in [7, 11) is 7.84. The molecule has 3 rings (SSSR count). The molecule has 226 valence electrons. The maximum Gasteiger partial charge on any atom is 0.197 e. The summed E-state index contributed by atoms with van der Waals surface area (Å²) >= 11 is 0. The van der Waals surface area contributed by atoms with Crippen molar-refractivity contribution in [3.8, 4) is 40.1 Å². The number of fused-ring (bicyclic) bond motifs is 1. The molecular weight excluding hydrogens is 524 g/mol. The van der Waals surface area contributed by atoms with E-state index < -0.39 is 0 Å². The van der Waals surface area contributed by atoms with Gasteiger partial charge in [-0.2, -0.15) is 0 Å². The third-order valence-corrected chi connectivity index (χ3v) is 7.52. The predicted octanol–water partition coefficient (Wildman–Crippen LogP) is 7.33. The van der Waals surface area contributed by atoms with E-state index in [2.05, 4.69) is 0 Å². The summed E-state index contributed by atoms with van der Waals surface area (Å²) in [5.74, 6) is 2.96. The van der Waals surface area contributed by atoms with Crippen LogP contribution >= 0.6 is 0 Å². The topological polar surface area (TPSA) is 96.6 Å². The Morgan fingerprint density at radius 3 is 1.68 bits per heavy atom. The van der Waals surface area contributed by atoms with Gasteiger partial charge in [0.15, 0.2) is 16.9 Å². The fourth-order valence-corrected chi connectivity index (χ4v) is 5.31. The van der Waals surface area contributed by atoms with E-state index in [0.29, 0.717) is 57.6 Å². The number of benzene rings is 2. The van der Waals surface area contributed by atoms with Crippen LogP contribution in [0.5, 0.6) is 28.7 Å². The van der Waals surface area contributed by atoms with E-state index in [9.17, 15) is 4.79 Å². The number of hydrogen-bond acceptors (Lipinski definition) is 8. The van der Waals surface area contributed by atoms with Crippen molar-refractivity contribution in [2.24, 2.45) is 0 Å². The van der Waals surface area contributed by atoms with Gasteiger partial charge in [-0.05, 0) is 25.3 Å². The second kappa shape index (κ2) is 16.8. The minimum absolute atomic E-state index is 0.213. The first-order valence-corrected chi connectivity index (χ1v) is 14.7. The average molecular weight is 571 g/mol. The van der Waals surface area contributed by atoms with Gasteiger partial charge in [0.25, 0.3) is 0 Å². The minimum Gasteiger partial charge on any atom is -0.496 e. The minimum atomic E-state index is -0.213. The Bertz CT molecular complexity index is 1300. The van der Waals surface area contributed by atoms with Crippen molar-refractivity contribution in [2.45, 2.75) is 77.0 Å². The highest BCUT2D eigenvalue weighted by atomic mass is 16.5. The third-order valence-electron chi connectivity index (χ3n) is 7.52. The van der Waals surface area contributed by atoms with Crippen molar-refractivity contribution in [2.75, 3.05) is 42.2 Å². The zero-order valence-electron chi connectivity index (χ0n) is 25.3. The lowest BCUT2D eigenvalue weighted by Crippen LogP contribution is -2.07. The summed E-state index contributed by atoms with van der Waals surface area (Å²) in [5.41, 5.74) is 1.61. The van der Waals surface area contributed by atoms with Crippen molar-refractivity contribution >= 4 is 11.0 Å². The van der Waals surface area contributed by atoms with Crippen LogP contribution in [0.1, 0.15) is 76.2 Å². The molecule has 0 amide bonds. The fourth-order valence-electron chi connectivity index (χ4n) is 5.31. The molecule has 0 spiro atoms. The van der Waals surface area contributed by atoms with Gasteiger partial charge < -0.3 is 33.2 Å². The van der Waals surface area contributed by atoms with Gasteiger partial charge in [0.05, 0.1) is 41.1 Å². The zero-order valence-corrected chi connectivity index (χ0v) is 25.3. The van der Waals surface area contributed by atoms with Crippen LogP contribution in [0.4, 0.5) is 0 Å². The maximum absolute atomic E-state index is 13.5. The molecule has 1 aromatic heterocycles. The molecule has 0 saturated heterocycles. The summed E-state index contributed by atoms with van der Waals surface area (Å²) in [6.07, 6.45) is 13.6. The SMILES string of the molecule is COc1cc(OC)c(-c2cc(=O)c3c(OC)c(CCCCCCCCCCCCCO)c(OC)cc3o2)cc1OC. The number of aliphatic hydroxyl groups excluding tert-OH is 1. The van der Waals surface area contributed by atoms with Crippen molar-refractivity contribution in [3.05, 3.63) is 40.1 Å². The van der Waals surface area contributed by atoms with E-state index in [1.165, 1.54) is 51.0 Å². The summed E-state index contributed by atoms with van der Waals surface area (Å²) in [6.45, 7) is 0.307. The molecule has 1 N–H and O–H groups in total. The molecule has 0 radical (unpaired) electrons. The van der Waals surface area contributed by atoms with E-state index in [4.69, 9.17) is 33.2 Å². The Labute approximate surface area is 243 Å². The highest BCUT2D eigenvalue weighted by Crippen LogP contribution is 2.42. The van der Waals surface area contributed by atoms with Crippen molar-refractivity contribution in [1.29, 1.82) is 0 Å². The molecule has 1 heterocycles. The van der Waals surface area contributed by atoms with Crippen LogP contribution in [0.2, 0.25) is 0 Å². The van der Waals surface area contributed by atoms with Gasteiger partial charge in [0, 0.05) is 30.4 Å². The maximum atomic E-state index is 13.5. The van der Waals surface area contributed by atoms with Crippen molar-refractivity contribution in [1.82, 2.24) is 0 Å². The van der Waals surface area contributed by atoms with Crippen molar-refractivity contribution < 1.29 is 33.2 Å². The zero-order chi connectivity index (χ0) is 29.6. The van der Waals surface area contributed by atoms with Gasteiger partial charge >= 0.3 is 0 Å². The number of methoxy groups -OCH3 is 5. The molecule has 0 aliphatic carbocycles. The summed E-state index contributed by atoms with van der Waals surface area (Å²) in [6, 6.07) is 6.65. The lowest BCUT2D eigenvalue weighted by Gasteiger charge is -2.17. The predicted molar refractivity (Wildman–Crippen MR) is 162 cm³/mol. The van der Waals surface area contributed by atoms with E-state index in [0.717, 1.165) is 37.7 Å². The van der Waals surface area contributed by atoms with Crippen LogP contribution < -0.4 is 29.1 Å². The molecule has 8 heteroatoms. The lowest BCUT2D eigenvalue weighted by molar-refractivity contribution is 0.282. The van der Waals surface area contributed by atoms with Gasteiger partial charge in [-0.25, -0.2) is 0 Å². The number of rotatable bonds is 19. The Balaban J connectivity index is 1.74. The van der Waals surface area contributed by atoms with Crippen LogP contribution in [0.15, 0.2) is 33.5 Å².